The second kappa shape index (κ2) is 5.57. The first-order valence-corrected chi connectivity index (χ1v) is 7.13. The Morgan fingerprint density at radius 1 is 1.00 bits per heavy atom. The number of fused-ring (bicyclic) bond motifs is 1. The van der Waals surface area contributed by atoms with Gasteiger partial charge in [-0.15, -0.1) is 0 Å². The summed E-state index contributed by atoms with van der Waals surface area (Å²) in [7, 11) is 0. The second-order valence-electron chi connectivity index (χ2n) is 5.38. The van der Waals surface area contributed by atoms with Gasteiger partial charge in [-0.3, -0.25) is 4.79 Å². The fourth-order valence-electron chi connectivity index (χ4n) is 2.83. The van der Waals surface area contributed by atoms with Gasteiger partial charge in [0, 0.05) is 23.1 Å². The van der Waals surface area contributed by atoms with Crippen molar-refractivity contribution in [1.82, 2.24) is 4.57 Å². The summed E-state index contributed by atoms with van der Waals surface area (Å²) in [6.45, 7) is 1.97. The van der Waals surface area contributed by atoms with Crippen molar-refractivity contribution in [3.05, 3.63) is 71.4 Å². The maximum atomic E-state index is 12.9. The number of carbonyl (C=O) groups is 1. The van der Waals surface area contributed by atoms with Gasteiger partial charge in [-0.25, -0.2) is 0 Å². The highest BCUT2D eigenvalue weighted by Gasteiger charge is 2.41. The summed E-state index contributed by atoms with van der Waals surface area (Å²) in [6.07, 6.45) is -4.88. The van der Waals surface area contributed by atoms with Crippen molar-refractivity contribution >= 4 is 16.7 Å². The normalized spacial score (nSPS) is 11.8. The summed E-state index contributed by atoms with van der Waals surface area (Å²) >= 11 is 0. The maximum absolute atomic E-state index is 12.9. The maximum Gasteiger partial charge on any atom is 0.454 e. The molecule has 23 heavy (non-hydrogen) atoms. The van der Waals surface area contributed by atoms with Gasteiger partial charge in [0.1, 0.15) is 0 Å². The monoisotopic (exact) mass is 317 g/mol. The first-order chi connectivity index (χ1) is 10.9. The average molecular weight is 317 g/mol. The topological polar surface area (TPSA) is 22.0 Å². The Kier molecular flexibility index (Phi) is 3.72. The van der Waals surface area contributed by atoms with E-state index in [0.717, 1.165) is 5.56 Å². The molecular formula is C18H14F3NO. The van der Waals surface area contributed by atoms with Gasteiger partial charge < -0.3 is 4.57 Å². The van der Waals surface area contributed by atoms with E-state index in [1.165, 1.54) is 0 Å². The molecule has 118 valence electrons. The van der Waals surface area contributed by atoms with E-state index in [0.29, 0.717) is 23.1 Å². The highest BCUT2D eigenvalue weighted by Crippen LogP contribution is 2.32. The van der Waals surface area contributed by atoms with Crippen LogP contribution in [0.2, 0.25) is 0 Å². The molecule has 5 heteroatoms. The molecule has 0 amide bonds. The van der Waals surface area contributed by atoms with Crippen molar-refractivity contribution < 1.29 is 18.0 Å². The Hall–Kier alpha value is -2.56. The SMILES string of the molecule is Cc1c(C(=O)C(F)(F)F)c2ccccc2n1Cc1ccccc1. The first-order valence-electron chi connectivity index (χ1n) is 7.13. The molecule has 0 saturated heterocycles. The number of halogens is 3. The van der Waals surface area contributed by atoms with Crippen LogP contribution in [0.1, 0.15) is 21.6 Å². The van der Waals surface area contributed by atoms with Crippen molar-refractivity contribution in [1.29, 1.82) is 0 Å². The molecule has 3 rings (SSSR count). The van der Waals surface area contributed by atoms with Gasteiger partial charge in [-0.2, -0.15) is 13.2 Å². The summed E-state index contributed by atoms with van der Waals surface area (Å²) in [5, 5.41) is 0.336. The molecule has 0 aliphatic heterocycles. The number of alkyl halides is 3. The fourth-order valence-corrected chi connectivity index (χ4v) is 2.83. The molecule has 0 unspecified atom stereocenters. The van der Waals surface area contributed by atoms with Gasteiger partial charge in [0.15, 0.2) is 0 Å². The van der Waals surface area contributed by atoms with Crippen LogP contribution in [0.15, 0.2) is 54.6 Å². The van der Waals surface area contributed by atoms with Crippen LogP contribution >= 0.6 is 0 Å². The van der Waals surface area contributed by atoms with Gasteiger partial charge in [-0.1, -0.05) is 48.5 Å². The first kappa shape index (κ1) is 15.3. The second-order valence-corrected chi connectivity index (χ2v) is 5.38. The third-order valence-corrected chi connectivity index (χ3v) is 3.90. The minimum absolute atomic E-state index is 0.260. The van der Waals surface area contributed by atoms with E-state index < -0.39 is 12.0 Å². The van der Waals surface area contributed by atoms with E-state index in [2.05, 4.69) is 0 Å². The van der Waals surface area contributed by atoms with Crippen LogP contribution in [0.4, 0.5) is 13.2 Å². The molecule has 0 N–H and O–H groups in total. The lowest BCUT2D eigenvalue weighted by atomic mass is 10.1. The highest BCUT2D eigenvalue weighted by molar-refractivity contribution is 6.12. The van der Waals surface area contributed by atoms with Crippen molar-refractivity contribution in [2.24, 2.45) is 0 Å². The number of hydrogen-bond donors (Lipinski definition) is 0. The minimum atomic E-state index is -4.88. The molecule has 1 heterocycles. The Morgan fingerprint density at radius 2 is 1.61 bits per heavy atom. The molecule has 3 aromatic rings. The van der Waals surface area contributed by atoms with Crippen molar-refractivity contribution in [3.63, 3.8) is 0 Å². The third kappa shape index (κ3) is 2.74. The van der Waals surface area contributed by atoms with Crippen LogP contribution in [0.25, 0.3) is 10.9 Å². The zero-order valence-electron chi connectivity index (χ0n) is 12.4. The smallest absolute Gasteiger partial charge is 0.340 e. The van der Waals surface area contributed by atoms with Crippen LogP contribution in [0, 0.1) is 6.92 Å². The Labute approximate surface area is 131 Å². The lowest BCUT2D eigenvalue weighted by Crippen LogP contribution is -2.23. The van der Waals surface area contributed by atoms with Crippen LogP contribution in [-0.2, 0) is 6.54 Å². The molecule has 0 spiro atoms. The predicted octanol–water partition coefficient (Wildman–Crippen LogP) is 4.74. The summed E-state index contributed by atoms with van der Waals surface area (Å²) < 4.78 is 40.5. The van der Waals surface area contributed by atoms with Crippen molar-refractivity contribution in [2.75, 3.05) is 0 Å². The summed E-state index contributed by atoms with van der Waals surface area (Å²) in [5.74, 6) is -1.79. The van der Waals surface area contributed by atoms with Crippen LogP contribution in [0.3, 0.4) is 0 Å². The number of para-hydroxylation sites is 1. The standard InChI is InChI=1S/C18H14F3NO/c1-12-16(17(23)18(19,20)21)14-9-5-6-10-15(14)22(12)11-13-7-3-2-4-8-13/h2-10H,11H2,1H3. The number of carbonyl (C=O) groups excluding carboxylic acids is 1. The number of Topliss-reactive ketones (excluding diaryl/α,β-unsaturated/α-hetero) is 1. The van der Waals surface area contributed by atoms with Gasteiger partial charge in [0.2, 0.25) is 0 Å². The zero-order chi connectivity index (χ0) is 16.6. The Morgan fingerprint density at radius 3 is 2.26 bits per heavy atom. The Bertz CT molecular complexity index is 863. The third-order valence-electron chi connectivity index (χ3n) is 3.90. The van der Waals surface area contributed by atoms with Gasteiger partial charge in [0.25, 0.3) is 5.78 Å². The van der Waals surface area contributed by atoms with E-state index in [4.69, 9.17) is 0 Å². The average Bonchev–Trinajstić information content (AvgIpc) is 2.79. The lowest BCUT2D eigenvalue weighted by Gasteiger charge is -2.09. The van der Waals surface area contributed by atoms with Gasteiger partial charge in [0.05, 0.1) is 5.56 Å². The number of hydrogen-bond acceptors (Lipinski definition) is 1. The van der Waals surface area contributed by atoms with E-state index in [9.17, 15) is 18.0 Å². The fraction of sp³-hybridized carbons (Fsp3) is 0.167. The van der Waals surface area contributed by atoms with Crippen LogP contribution < -0.4 is 0 Å². The summed E-state index contributed by atoms with van der Waals surface area (Å²) in [5.41, 5.74) is 1.66. The Balaban J connectivity index is 2.20. The molecule has 0 fully saturated rings. The molecular weight excluding hydrogens is 303 g/mol. The number of aromatic nitrogens is 1. The molecule has 1 aromatic heterocycles. The molecule has 0 bridgehead atoms. The van der Waals surface area contributed by atoms with Crippen LogP contribution in [-0.4, -0.2) is 16.5 Å². The number of rotatable bonds is 3. The molecule has 0 aliphatic rings. The number of benzene rings is 2. The van der Waals surface area contributed by atoms with E-state index in [1.807, 2.05) is 30.3 Å². The van der Waals surface area contributed by atoms with E-state index in [1.54, 1.807) is 35.8 Å². The molecule has 2 nitrogen and oxygen atoms in total. The van der Waals surface area contributed by atoms with Gasteiger partial charge >= 0.3 is 6.18 Å². The number of ketones is 1. The predicted molar refractivity (Wildman–Crippen MR) is 82.6 cm³/mol. The molecule has 0 aliphatic carbocycles. The highest BCUT2D eigenvalue weighted by atomic mass is 19.4. The van der Waals surface area contributed by atoms with Crippen molar-refractivity contribution in [3.8, 4) is 0 Å². The summed E-state index contributed by atoms with van der Waals surface area (Å²) in [6, 6.07) is 16.1. The number of nitrogens with zero attached hydrogens (tertiary/aromatic N) is 1. The zero-order valence-corrected chi connectivity index (χ0v) is 12.4. The summed E-state index contributed by atoms with van der Waals surface area (Å²) in [4.78, 5) is 11.8. The largest absolute Gasteiger partial charge is 0.454 e. The molecule has 0 atom stereocenters. The van der Waals surface area contributed by atoms with Gasteiger partial charge in [-0.05, 0) is 18.6 Å². The van der Waals surface area contributed by atoms with E-state index >= 15 is 0 Å². The molecule has 0 radical (unpaired) electrons. The van der Waals surface area contributed by atoms with Crippen molar-refractivity contribution in [2.45, 2.75) is 19.6 Å². The molecule has 0 saturated carbocycles. The van der Waals surface area contributed by atoms with E-state index in [-0.39, 0.29) is 5.56 Å². The quantitative estimate of drug-likeness (QED) is 0.639. The van der Waals surface area contributed by atoms with Crippen LogP contribution in [0.5, 0.6) is 0 Å². The lowest BCUT2D eigenvalue weighted by molar-refractivity contribution is -0.0884. The minimum Gasteiger partial charge on any atom is -0.340 e. The molecule has 2 aromatic carbocycles.